The smallest absolute Gasteiger partial charge is 0.0462 e. The van der Waals surface area contributed by atoms with Gasteiger partial charge in [-0.1, -0.05) is 212 Å². The number of nitrogens with zero attached hydrogens (tertiary/aromatic N) is 1. The Bertz CT molecular complexity index is 3630. The Morgan fingerprint density at radius 1 is 0.200 bits per heavy atom. The van der Waals surface area contributed by atoms with Crippen molar-refractivity contribution in [1.82, 2.24) is 0 Å². The second kappa shape index (κ2) is 16.3. The molecule has 12 rings (SSSR count). The van der Waals surface area contributed by atoms with Gasteiger partial charge in [-0.2, -0.15) is 0 Å². The maximum atomic E-state index is 2.37. The van der Waals surface area contributed by atoms with Crippen LogP contribution in [0.4, 0.5) is 17.1 Å². The van der Waals surface area contributed by atoms with E-state index in [0.717, 1.165) is 17.1 Å². The minimum absolute atomic E-state index is 1.09. The van der Waals surface area contributed by atoms with Crippen molar-refractivity contribution in [2.75, 3.05) is 4.90 Å². The maximum Gasteiger partial charge on any atom is 0.0462 e. The molecule has 0 saturated carbocycles. The first-order valence-corrected chi connectivity index (χ1v) is 22.4. The minimum atomic E-state index is 1.09. The summed E-state index contributed by atoms with van der Waals surface area (Å²) in [7, 11) is 0. The van der Waals surface area contributed by atoms with E-state index in [1.54, 1.807) is 0 Å². The van der Waals surface area contributed by atoms with Crippen LogP contribution >= 0.6 is 0 Å². The lowest BCUT2D eigenvalue weighted by Gasteiger charge is -2.26. The highest BCUT2D eigenvalue weighted by Gasteiger charge is 2.17. The summed E-state index contributed by atoms with van der Waals surface area (Å²) in [6.07, 6.45) is 0. The van der Waals surface area contributed by atoms with Crippen LogP contribution in [0.3, 0.4) is 0 Å². The van der Waals surface area contributed by atoms with Crippen LogP contribution in [0.1, 0.15) is 0 Å². The molecule has 0 aliphatic heterocycles. The molecule has 0 aliphatic rings. The van der Waals surface area contributed by atoms with Crippen LogP contribution in [0.2, 0.25) is 0 Å². The molecule has 12 aromatic carbocycles. The predicted octanol–water partition coefficient (Wildman–Crippen LogP) is 18.1. The molecule has 0 atom stereocenters. The molecule has 0 radical (unpaired) electrons. The van der Waals surface area contributed by atoms with Gasteiger partial charge in [0.2, 0.25) is 0 Å². The first-order chi connectivity index (χ1) is 32.2. The van der Waals surface area contributed by atoms with Crippen molar-refractivity contribution >= 4 is 60.2 Å². The van der Waals surface area contributed by atoms with Crippen LogP contribution in [0.25, 0.3) is 98.7 Å². The van der Waals surface area contributed by atoms with Crippen LogP contribution in [0.15, 0.2) is 261 Å². The highest BCUT2D eigenvalue weighted by molar-refractivity contribution is 6.25. The molecule has 0 aliphatic carbocycles. The van der Waals surface area contributed by atoms with Crippen LogP contribution in [0.5, 0.6) is 0 Å². The summed E-state index contributed by atoms with van der Waals surface area (Å²) in [5.74, 6) is 0. The molecule has 65 heavy (non-hydrogen) atoms. The third-order valence-electron chi connectivity index (χ3n) is 13.1. The fourth-order valence-electron chi connectivity index (χ4n) is 9.87. The van der Waals surface area contributed by atoms with E-state index in [4.69, 9.17) is 0 Å². The van der Waals surface area contributed by atoms with Gasteiger partial charge in [0, 0.05) is 17.1 Å². The van der Waals surface area contributed by atoms with Crippen LogP contribution in [-0.2, 0) is 0 Å². The summed E-state index contributed by atoms with van der Waals surface area (Å²) >= 11 is 0. The number of fused-ring (bicyclic) bond motifs is 7. The summed E-state index contributed by atoms with van der Waals surface area (Å²) in [5.41, 5.74) is 15.3. The van der Waals surface area contributed by atoms with Crippen LogP contribution < -0.4 is 4.90 Å². The Morgan fingerprint density at radius 3 is 1.14 bits per heavy atom. The van der Waals surface area contributed by atoms with Crippen molar-refractivity contribution in [2.45, 2.75) is 0 Å². The van der Waals surface area contributed by atoms with Crippen molar-refractivity contribution in [3.05, 3.63) is 261 Å². The topological polar surface area (TPSA) is 3.24 Å². The molecule has 0 spiro atoms. The molecule has 304 valence electrons. The SMILES string of the molecule is c1ccc(-c2cccc(-c3ccc(N(c4ccc(-c5ccc6c7ccccc7c7ccccc7c6c5)cc4)c4ccc(-c5ccc6ccccc6c5-c5ccccc5)cc4)cc3)c2)cc1. The lowest BCUT2D eigenvalue weighted by Crippen LogP contribution is -2.09. The number of anilines is 3. The van der Waals surface area contributed by atoms with Gasteiger partial charge in [0.25, 0.3) is 0 Å². The van der Waals surface area contributed by atoms with Crippen molar-refractivity contribution in [3.63, 3.8) is 0 Å². The first-order valence-electron chi connectivity index (χ1n) is 22.4. The number of hydrogen-bond acceptors (Lipinski definition) is 1. The maximum absolute atomic E-state index is 2.37. The zero-order valence-electron chi connectivity index (χ0n) is 35.8. The van der Waals surface area contributed by atoms with E-state index in [-0.39, 0.29) is 0 Å². The van der Waals surface area contributed by atoms with Crippen LogP contribution in [0, 0.1) is 0 Å². The zero-order chi connectivity index (χ0) is 43.1. The van der Waals surface area contributed by atoms with Gasteiger partial charge in [0.15, 0.2) is 0 Å². The normalized spacial score (nSPS) is 11.4. The highest BCUT2D eigenvalue weighted by Crippen LogP contribution is 2.42. The Labute approximate surface area is 379 Å². The van der Waals surface area contributed by atoms with Gasteiger partial charge in [0.1, 0.15) is 0 Å². The van der Waals surface area contributed by atoms with Gasteiger partial charge in [-0.3, -0.25) is 0 Å². The molecule has 0 unspecified atom stereocenters. The average Bonchev–Trinajstić information content (AvgIpc) is 3.39. The largest absolute Gasteiger partial charge is 0.311 e. The molecule has 0 saturated heterocycles. The summed E-state index contributed by atoms with van der Waals surface area (Å²) < 4.78 is 0. The average molecular weight is 826 g/mol. The molecule has 0 fully saturated rings. The summed E-state index contributed by atoms with van der Waals surface area (Å²) in [4.78, 5) is 2.37. The van der Waals surface area contributed by atoms with Gasteiger partial charge in [-0.25, -0.2) is 0 Å². The Balaban J connectivity index is 0.945. The number of benzene rings is 12. The Kier molecular flexibility index (Phi) is 9.58. The van der Waals surface area contributed by atoms with Gasteiger partial charge >= 0.3 is 0 Å². The number of hydrogen-bond donors (Lipinski definition) is 0. The molecule has 1 nitrogen and oxygen atoms in total. The molecule has 0 aromatic heterocycles. The quantitative estimate of drug-likeness (QED) is 0.138. The van der Waals surface area contributed by atoms with Crippen molar-refractivity contribution in [3.8, 4) is 55.6 Å². The molecule has 1 heteroatoms. The lowest BCUT2D eigenvalue weighted by molar-refractivity contribution is 1.28. The molecule has 0 heterocycles. The summed E-state index contributed by atoms with van der Waals surface area (Å²) in [6.45, 7) is 0. The molecule has 0 N–H and O–H groups in total. The predicted molar refractivity (Wildman–Crippen MR) is 278 cm³/mol. The molecular weight excluding hydrogens is 783 g/mol. The Hall–Kier alpha value is -8.52. The van der Waals surface area contributed by atoms with Gasteiger partial charge in [-0.15, -0.1) is 0 Å². The van der Waals surface area contributed by atoms with E-state index in [0.29, 0.717) is 0 Å². The monoisotopic (exact) mass is 825 g/mol. The molecule has 0 amide bonds. The van der Waals surface area contributed by atoms with Gasteiger partial charge in [-0.05, 0) is 147 Å². The second-order valence-corrected chi connectivity index (χ2v) is 16.8. The molecule has 0 bridgehead atoms. The summed E-state index contributed by atoms with van der Waals surface area (Å²) in [6, 6.07) is 95.1. The van der Waals surface area contributed by atoms with E-state index in [9.17, 15) is 0 Å². The molecular formula is C64H43N. The van der Waals surface area contributed by atoms with E-state index in [1.165, 1.54) is 98.7 Å². The van der Waals surface area contributed by atoms with Crippen LogP contribution in [-0.4, -0.2) is 0 Å². The van der Waals surface area contributed by atoms with E-state index in [2.05, 4.69) is 266 Å². The zero-order valence-corrected chi connectivity index (χ0v) is 35.8. The third kappa shape index (κ3) is 7.01. The lowest BCUT2D eigenvalue weighted by atomic mass is 9.90. The van der Waals surface area contributed by atoms with E-state index in [1.807, 2.05) is 0 Å². The number of rotatable bonds is 8. The van der Waals surface area contributed by atoms with Crippen molar-refractivity contribution in [1.29, 1.82) is 0 Å². The van der Waals surface area contributed by atoms with Crippen molar-refractivity contribution < 1.29 is 0 Å². The molecule has 12 aromatic rings. The first kappa shape index (κ1) is 38.2. The standard InChI is InChI=1S/C64H43N/c1-3-14-44(15-4-1)50-19-13-20-51(42-50)45-26-34-53(35-27-45)65(55-38-30-48(31-39-55)57-40-32-47-16-7-8-21-56(47)64(57)49-17-5-2-6-18-49)54-36-28-46(29-37-54)52-33-41-62-60-24-10-9-22-58(60)59-23-11-12-25-61(59)63(62)43-52/h1-43H. The van der Waals surface area contributed by atoms with Crippen molar-refractivity contribution in [2.24, 2.45) is 0 Å². The highest BCUT2D eigenvalue weighted by atomic mass is 15.1. The Morgan fingerprint density at radius 2 is 0.585 bits per heavy atom. The van der Waals surface area contributed by atoms with Gasteiger partial charge in [0.05, 0.1) is 0 Å². The van der Waals surface area contributed by atoms with E-state index >= 15 is 0 Å². The van der Waals surface area contributed by atoms with E-state index < -0.39 is 0 Å². The fourth-order valence-corrected chi connectivity index (χ4v) is 9.87. The minimum Gasteiger partial charge on any atom is -0.311 e. The third-order valence-corrected chi connectivity index (χ3v) is 13.1. The second-order valence-electron chi connectivity index (χ2n) is 16.8. The fraction of sp³-hybridized carbons (Fsp3) is 0. The van der Waals surface area contributed by atoms with Gasteiger partial charge < -0.3 is 4.90 Å². The summed E-state index contributed by atoms with van der Waals surface area (Å²) in [5, 5.41) is 10.2.